The fourth-order valence-corrected chi connectivity index (χ4v) is 3.38. The predicted molar refractivity (Wildman–Crippen MR) is 103 cm³/mol. The number of nitrogens with one attached hydrogen (secondary N) is 3. The van der Waals surface area contributed by atoms with Crippen LogP contribution in [-0.2, 0) is 6.54 Å². The number of aromatic amines is 1. The van der Waals surface area contributed by atoms with Crippen LogP contribution in [0, 0.1) is 11.3 Å². The number of H-pyrrole nitrogens is 1. The van der Waals surface area contributed by atoms with Crippen LogP contribution >= 0.6 is 11.6 Å². The molecule has 1 amide bonds. The van der Waals surface area contributed by atoms with Gasteiger partial charge in [0.25, 0.3) is 5.91 Å². The second kappa shape index (κ2) is 6.45. The fraction of sp³-hybridized carbons (Fsp3) is 0.222. The Morgan fingerprint density at radius 1 is 1.41 bits per heavy atom. The number of aromatic nitrogens is 3. The highest BCUT2D eigenvalue weighted by Crippen LogP contribution is 2.33. The number of carbonyl (C=O) groups excluding carboxylic acids is 1. The first-order valence-corrected chi connectivity index (χ1v) is 8.77. The standard InChI is InChI=1S/C18H16ClN7O/c1-3-21-15-14-10(6-20)7-22-16(14)25-18(24-15)23-13-4-9-8-26(2)17(27)11(9)5-12(13)19/h4-5,7H,3,8H2,1-2H3,(H3,21,22,23,24,25). The number of halogens is 1. The molecule has 4 rings (SSSR count). The predicted octanol–water partition coefficient (Wildman–Crippen LogP) is 3.24. The molecule has 0 atom stereocenters. The zero-order chi connectivity index (χ0) is 19.1. The largest absolute Gasteiger partial charge is 0.370 e. The molecule has 9 heteroatoms. The molecule has 0 saturated carbocycles. The van der Waals surface area contributed by atoms with Crippen LogP contribution in [0.2, 0.25) is 5.02 Å². The SMILES string of the molecule is CCNc1nc(Nc2cc3c(cc2Cl)C(=O)N(C)C3)nc2[nH]cc(C#N)c12. The summed E-state index contributed by atoms with van der Waals surface area (Å²) >= 11 is 6.36. The number of fused-ring (bicyclic) bond motifs is 2. The lowest BCUT2D eigenvalue weighted by molar-refractivity contribution is 0.0816. The molecular formula is C18H16ClN7O. The van der Waals surface area contributed by atoms with Crippen molar-refractivity contribution < 1.29 is 4.79 Å². The summed E-state index contributed by atoms with van der Waals surface area (Å²) in [6, 6.07) is 5.64. The number of nitrogens with zero attached hydrogens (tertiary/aromatic N) is 4. The summed E-state index contributed by atoms with van der Waals surface area (Å²) in [5.41, 5.74) is 3.15. The summed E-state index contributed by atoms with van der Waals surface area (Å²) in [6.45, 7) is 3.13. The molecule has 1 aromatic carbocycles. The topological polar surface area (TPSA) is 110 Å². The Morgan fingerprint density at radius 2 is 2.22 bits per heavy atom. The number of amides is 1. The Labute approximate surface area is 160 Å². The third-order valence-electron chi connectivity index (χ3n) is 4.42. The van der Waals surface area contributed by atoms with Gasteiger partial charge in [0.05, 0.1) is 21.7 Å². The molecule has 1 aliphatic heterocycles. The number of benzene rings is 1. The summed E-state index contributed by atoms with van der Waals surface area (Å²) in [4.78, 5) is 25.7. The van der Waals surface area contributed by atoms with E-state index in [1.54, 1.807) is 24.2 Å². The van der Waals surface area contributed by atoms with Gasteiger partial charge in [-0.15, -0.1) is 0 Å². The van der Waals surface area contributed by atoms with E-state index in [4.69, 9.17) is 11.6 Å². The number of rotatable bonds is 4. The van der Waals surface area contributed by atoms with Crippen molar-refractivity contribution in [1.29, 1.82) is 5.26 Å². The molecule has 0 spiro atoms. The van der Waals surface area contributed by atoms with E-state index >= 15 is 0 Å². The van der Waals surface area contributed by atoms with Crippen molar-refractivity contribution in [2.24, 2.45) is 0 Å². The molecule has 1 aliphatic rings. The summed E-state index contributed by atoms with van der Waals surface area (Å²) in [6.07, 6.45) is 1.60. The lowest BCUT2D eigenvalue weighted by Crippen LogP contribution is -2.17. The molecule has 0 aliphatic carbocycles. The van der Waals surface area contributed by atoms with E-state index in [-0.39, 0.29) is 5.91 Å². The molecule has 8 nitrogen and oxygen atoms in total. The smallest absolute Gasteiger partial charge is 0.254 e. The minimum atomic E-state index is -0.0408. The molecule has 0 fully saturated rings. The van der Waals surface area contributed by atoms with Gasteiger partial charge in [0.15, 0.2) is 0 Å². The van der Waals surface area contributed by atoms with Crippen LogP contribution < -0.4 is 10.6 Å². The van der Waals surface area contributed by atoms with Gasteiger partial charge in [-0.1, -0.05) is 11.6 Å². The molecule has 3 aromatic rings. The number of anilines is 3. The van der Waals surface area contributed by atoms with E-state index in [0.717, 1.165) is 5.56 Å². The second-order valence-corrected chi connectivity index (χ2v) is 6.65. The van der Waals surface area contributed by atoms with Crippen molar-refractivity contribution in [3.63, 3.8) is 0 Å². The first kappa shape index (κ1) is 17.1. The first-order valence-electron chi connectivity index (χ1n) is 8.39. The van der Waals surface area contributed by atoms with Gasteiger partial charge in [0, 0.05) is 31.9 Å². The zero-order valence-corrected chi connectivity index (χ0v) is 15.5. The molecule has 3 heterocycles. The number of nitriles is 1. The monoisotopic (exact) mass is 381 g/mol. The average Bonchev–Trinajstić information content (AvgIpc) is 3.17. The van der Waals surface area contributed by atoms with Gasteiger partial charge in [-0.2, -0.15) is 15.2 Å². The maximum absolute atomic E-state index is 12.1. The van der Waals surface area contributed by atoms with E-state index < -0.39 is 0 Å². The normalized spacial score (nSPS) is 13.0. The average molecular weight is 382 g/mol. The molecule has 136 valence electrons. The van der Waals surface area contributed by atoms with Crippen LogP contribution in [-0.4, -0.2) is 39.4 Å². The highest BCUT2D eigenvalue weighted by atomic mass is 35.5. The summed E-state index contributed by atoms with van der Waals surface area (Å²) in [7, 11) is 1.75. The molecule has 0 bridgehead atoms. The number of hydrogen-bond donors (Lipinski definition) is 3. The van der Waals surface area contributed by atoms with Gasteiger partial charge in [-0.3, -0.25) is 4.79 Å². The lowest BCUT2D eigenvalue weighted by atomic mass is 10.1. The van der Waals surface area contributed by atoms with Crippen molar-refractivity contribution in [1.82, 2.24) is 19.9 Å². The Morgan fingerprint density at radius 3 is 2.96 bits per heavy atom. The van der Waals surface area contributed by atoms with Crippen molar-refractivity contribution in [2.75, 3.05) is 24.2 Å². The maximum atomic E-state index is 12.1. The molecule has 3 N–H and O–H groups in total. The highest BCUT2D eigenvalue weighted by molar-refractivity contribution is 6.33. The molecule has 0 unspecified atom stereocenters. The Hall–Kier alpha value is -3.31. The molecule has 0 radical (unpaired) electrons. The van der Waals surface area contributed by atoms with Crippen LogP contribution in [0.3, 0.4) is 0 Å². The van der Waals surface area contributed by atoms with Gasteiger partial charge in [-0.25, -0.2) is 0 Å². The summed E-state index contributed by atoms with van der Waals surface area (Å²) in [5.74, 6) is 0.861. The van der Waals surface area contributed by atoms with E-state index in [1.807, 2.05) is 13.0 Å². The molecule has 0 saturated heterocycles. The quantitative estimate of drug-likeness (QED) is 0.640. The van der Waals surface area contributed by atoms with Crippen LogP contribution in [0.4, 0.5) is 17.5 Å². The highest BCUT2D eigenvalue weighted by Gasteiger charge is 2.26. The van der Waals surface area contributed by atoms with Crippen molar-refractivity contribution in [3.8, 4) is 6.07 Å². The van der Waals surface area contributed by atoms with Gasteiger partial charge < -0.3 is 20.5 Å². The molecule has 27 heavy (non-hydrogen) atoms. The van der Waals surface area contributed by atoms with Crippen molar-refractivity contribution in [2.45, 2.75) is 13.5 Å². The minimum absolute atomic E-state index is 0.0408. The minimum Gasteiger partial charge on any atom is -0.370 e. The van der Waals surface area contributed by atoms with Crippen LogP contribution in [0.1, 0.15) is 28.4 Å². The Balaban J connectivity index is 1.75. The fourth-order valence-electron chi connectivity index (χ4n) is 3.17. The van der Waals surface area contributed by atoms with Crippen LogP contribution in [0.5, 0.6) is 0 Å². The molecule has 2 aromatic heterocycles. The number of carbonyl (C=O) groups is 1. The molecular weight excluding hydrogens is 366 g/mol. The van der Waals surface area contributed by atoms with Gasteiger partial charge in [-0.05, 0) is 24.6 Å². The van der Waals surface area contributed by atoms with Crippen molar-refractivity contribution >= 4 is 46.0 Å². The summed E-state index contributed by atoms with van der Waals surface area (Å²) in [5, 5.41) is 16.6. The van der Waals surface area contributed by atoms with Gasteiger partial charge in [0.2, 0.25) is 5.95 Å². The van der Waals surface area contributed by atoms with Crippen LogP contribution in [0.15, 0.2) is 18.3 Å². The number of hydrogen-bond acceptors (Lipinski definition) is 6. The second-order valence-electron chi connectivity index (χ2n) is 6.24. The lowest BCUT2D eigenvalue weighted by Gasteiger charge is -2.11. The van der Waals surface area contributed by atoms with Crippen LogP contribution in [0.25, 0.3) is 11.0 Å². The third kappa shape index (κ3) is 2.82. The first-order chi connectivity index (χ1) is 13.0. The third-order valence-corrected chi connectivity index (χ3v) is 4.73. The van der Waals surface area contributed by atoms with Gasteiger partial charge in [0.1, 0.15) is 17.5 Å². The Kier molecular flexibility index (Phi) is 4.09. The Bertz CT molecular complexity index is 1120. The van der Waals surface area contributed by atoms with Crippen molar-refractivity contribution in [3.05, 3.63) is 40.0 Å². The van der Waals surface area contributed by atoms with E-state index in [2.05, 4.69) is 31.7 Å². The zero-order valence-electron chi connectivity index (χ0n) is 14.7. The maximum Gasteiger partial charge on any atom is 0.254 e. The van der Waals surface area contributed by atoms with E-state index in [9.17, 15) is 10.1 Å². The van der Waals surface area contributed by atoms with E-state index in [0.29, 0.717) is 57.7 Å². The van der Waals surface area contributed by atoms with Gasteiger partial charge >= 0.3 is 0 Å². The summed E-state index contributed by atoms with van der Waals surface area (Å²) < 4.78 is 0. The van der Waals surface area contributed by atoms with E-state index in [1.165, 1.54) is 0 Å².